The molecule has 0 aromatic carbocycles. The summed E-state index contributed by atoms with van der Waals surface area (Å²) in [5.41, 5.74) is 1.19. The molecule has 240 valence electrons. The summed E-state index contributed by atoms with van der Waals surface area (Å²) in [6, 6.07) is 3.12. The molecule has 2 aromatic rings. The third kappa shape index (κ3) is 11.3. The van der Waals surface area contributed by atoms with Gasteiger partial charge in [-0.3, -0.25) is 9.69 Å². The van der Waals surface area contributed by atoms with E-state index in [0.717, 1.165) is 19.4 Å². The lowest BCUT2D eigenvalue weighted by molar-refractivity contribution is -0.145. The Morgan fingerprint density at radius 3 is 2.30 bits per heavy atom. The zero-order valence-corrected chi connectivity index (χ0v) is 24.6. The standard InChI is InChI=1S/C22H35F5N4.C8H7NO3/c1-2-3-4-5-6-7-8-9-12-28-17-19(31-13-10-21(23,24)11-14-31)18-15-29-20(30-16-18)22(25,26)27;10-8(11)6-4-12-7-5(6)2-1-3-9-7/h15-16,19,28H,2-14,17H2,1H3;1-3,6H,4H2,(H,10,11). The normalized spacial score (nSPS) is 18.7. The van der Waals surface area contributed by atoms with Crippen LogP contribution in [0.1, 0.15) is 100 Å². The van der Waals surface area contributed by atoms with Crippen LogP contribution in [0.5, 0.6) is 5.88 Å². The Hall–Kier alpha value is -2.93. The van der Waals surface area contributed by atoms with Gasteiger partial charge in [-0.1, -0.05) is 57.9 Å². The van der Waals surface area contributed by atoms with Crippen LogP contribution < -0.4 is 10.1 Å². The van der Waals surface area contributed by atoms with Crippen molar-refractivity contribution in [2.75, 3.05) is 32.8 Å². The molecule has 2 aliphatic heterocycles. The molecule has 2 unspecified atom stereocenters. The molecule has 0 spiro atoms. The van der Waals surface area contributed by atoms with E-state index in [-0.39, 0.29) is 38.6 Å². The summed E-state index contributed by atoms with van der Waals surface area (Å²) >= 11 is 0. The maximum Gasteiger partial charge on any atom is 0.451 e. The predicted octanol–water partition coefficient (Wildman–Crippen LogP) is 6.64. The van der Waals surface area contributed by atoms with Crippen LogP contribution in [-0.4, -0.2) is 69.6 Å². The summed E-state index contributed by atoms with van der Waals surface area (Å²) in [7, 11) is 0. The van der Waals surface area contributed by atoms with Crippen LogP contribution in [0.15, 0.2) is 30.7 Å². The molecule has 4 rings (SSSR count). The van der Waals surface area contributed by atoms with Crippen LogP contribution >= 0.6 is 0 Å². The summed E-state index contributed by atoms with van der Waals surface area (Å²) in [6.07, 6.45) is 8.52. The Balaban J connectivity index is 0.000000347. The Labute approximate surface area is 249 Å². The maximum atomic E-state index is 13.6. The van der Waals surface area contributed by atoms with Gasteiger partial charge < -0.3 is 15.2 Å². The largest absolute Gasteiger partial charge is 0.481 e. The molecule has 0 bridgehead atoms. The number of nitrogens with zero attached hydrogens (tertiary/aromatic N) is 4. The second kappa shape index (κ2) is 16.8. The van der Waals surface area contributed by atoms with Gasteiger partial charge in [-0.25, -0.2) is 23.7 Å². The molecule has 0 saturated carbocycles. The van der Waals surface area contributed by atoms with Crippen molar-refractivity contribution in [3.63, 3.8) is 0 Å². The molecule has 0 radical (unpaired) electrons. The molecule has 4 heterocycles. The quantitative estimate of drug-likeness (QED) is 0.180. The second-order valence-corrected chi connectivity index (χ2v) is 11.0. The summed E-state index contributed by atoms with van der Waals surface area (Å²) in [4.78, 5) is 23.4. The minimum atomic E-state index is -4.60. The minimum Gasteiger partial charge on any atom is -0.481 e. The zero-order chi connectivity index (χ0) is 31.3. The van der Waals surface area contributed by atoms with Gasteiger partial charge in [0.2, 0.25) is 11.7 Å². The highest BCUT2D eigenvalue weighted by atomic mass is 19.4. The first-order valence-electron chi connectivity index (χ1n) is 15.0. The van der Waals surface area contributed by atoms with E-state index in [4.69, 9.17) is 9.84 Å². The maximum absolute atomic E-state index is 13.6. The smallest absolute Gasteiger partial charge is 0.451 e. The van der Waals surface area contributed by atoms with Crippen molar-refractivity contribution < 1.29 is 36.6 Å². The Morgan fingerprint density at radius 1 is 1.07 bits per heavy atom. The van der Waals surface area contributed by atoms with Gasteiger partial charge in [0.1, 0.15) is 12.5 Å². The third-order valence-electron chi connectivity index (χ3n) is 7.69. The summed E-state index contributed by atoms with van der Waals surface area (Å²) in [6.45, 7) is 4.04. The van der Waals surface area contributed by atoms with Gasteiger partial charge in [0.05, 0.1) is 6.04 Å². The van der Waals surface area contributed by atoms with E-state index < -0.39 is 29.8 Å². The van der Waals surface area contributed by atoms with Crippen molar-refractivity contribution in [2.24, 2.45) is 0 Å². The number of unbranched alkanes of at least 4 members (excludes halogenated alkanes) is 7. The highest BCUT2D eigenvalue weighted by Gasteiger charge is 2.38. The summed E-state index contributed by atoms with van der Waals surface area (Å²) < 4.78 is 70.5. The SMILES string of the molecule is CCCCCCCCCCNCC(c1cnc(C(F)(F)F)nc1)N1CCC(F)(F)CC1.O=C(O)C1COc2ncccc21. The number of pyridine rings is 1. The van der Waals surface area contributed by atoms with Crippen LogP contribution in [0.3, 0.4) is 0 Å². The van der Waals surface area contributed by atoms with E-state index in [9.17, 15) is 26.7 Å². The van der Waals surface area contributed by atoms with Crippen molar-refractivity contribution in [1.29, 1.82) is 0 Å². The number of carbonyl (C=O) groups is 1. The topological polar surface area (TPSA) is 100 Å². The fraction of sp³-hybridized carbons (Fsp3) is 0.667. The Morgan fingerprint density at radius 2 is 1.70 bits per heavy atom. The first-order chi connectivity index (χ1) is 20.5. The average Bonchev–Trinajstić information content (AvgIpc) is 3.41. The van der Waals surface area contributed by atoms with E-state index in [2.05, 4.69) is 27.2 Å². The third-order valence-corrected chi connectivity index (χ3v) is 7.69. The lowest BCUT2D eigenvalue weighted by Crippen LogP contribution is -2.44. The second-order valence-electron chi connectivity index (χ2n) is 11.0. The number of rotatable bonds is 14. The van der Waals surface area contributed by atoms with E-state index >= 15 is 0 Å². The van der Waals surface area contributed by atoms with Crippen molar-refractivity contribution in [1.82, 2.24) is 25.2 Å². The van der Waals surface area contributed by atoms with Crippen molar-refractivity contribution in [3.8, 4) is 5.88 Å². The zero-order valence-electron chi connectivity index (χ0n) is 24.6. The van der Waals surface area contributed by atoms with Gasteiger partial charge in [0, 0.05) is 62.2 Å². The van der Waals surface area contributed by atoms with E-state index in [1.54, 1.807) is 18.3 Å². The van der Waals surface area contributed by atoms with Gasteiger partial charge in [-0.15, -0.1) is 0 Å². The van der Waals surface area contributed by atoms with E-state index in [0.29, 0.717) is 23.6 Å². The number of nitrogens with one attached hydrogen (secondary N) is 1. The van der Waals surface area contributed by atoms with Gasteiger partial charge in [0.15, 0.2) is 0 Å². The molecule has 43 heavy (non-hydrogen) atoms. The molecule has 1 fully saturated rings. The van der Waals surface area contributed by atoms with Gasteiger partial charge in [-0.05, 0) is 19.0 Å². The summed E-state index contributed by atoms with van der Waals surface area (Å²) in [5, 5.41) is 12.1. The highest BCUT2D eigenvalue weighted by Crippen LogP contribution is 2.33. The first kappa shape index (κ1) is 34.6. The fourth-order valence-electron chi connectivity index (χ4n) is 5.15. The molecule has 0 aliphatic carbocycles. The molecule has 2 aliphatic rings. The molecule has 8 nitrogen and oxygen atoms in total. The van der Waals surface area contributed by atoms with Gasteiger partial charge >= 0.3 is 12.1 Å². The molecular weight excluding hydrogens is 573 g/mol. The van der Waals surface area contributed by atoms with Crippen LogP contribution in [0, 0.1) is 0 Å². The first-order valence-corrected chi connectivity index (χ1v) is 15.0. The molecule has 2 atom stereocenters. The van der Waals surface area contributed by atoms with Crippen LogP contribution in [0.2, 0.25) is 0 Å². The molecule has 2 aromatic heterocycles. The molecule has 2 N–H and O–H groups in total. The lowest BCUT2D eigenvalue weighted by atomic mass is 10.0. The number of alkyl halides is 5. The number of ether oxygens (including phenoxy) is 1. The number of likely N-dealkylation sites (tertiary alicyclic amines) is 1. The molecule has 1 saturated heterocycles. The number of aromatic nitrogens is 3. The molecule has 0 amide bonds. The van der Waals surface area contributed by atoms with E-state index in [1.165, 1.54) is 50.9 Å². The van der Waals surface area contributed by atoms with Gasteiger partial charge in [-0.2, -0.15) is 13.2 Å². The van der Waals surface area contributed by atoms with Crippen molar-refractivity contribution in [3.05, 3.63) is 47.7 Å². The van der Waals surface area contributed by atoms with Crippen LogP contribution in [0.25, 0.3) is 0 Å². The van der Waals surface area contributed by atoms with Crippen molar-refractivity contribution in [2.45, 2.75) is 95.2 Å². The van der Waals surface area contributed by atoms with Gasteiger partial charge in [0.25, 0.3) is 5.92 Å². The average molecular weight is 616 g/mol. The van der Waals surface area contributed by atoms with Crippen molar-refractivity contribution >= 4 is 5.97 Å². The minimum absolute atomic E-state index is 0.193. The van der Waals surface area contributed by atoms with Crippen LogP contribution in [-0.2, 0) is 11.0 Å². The number of aliphatic carboxylic acids is 1. The monoisotopic (exact) mass is 615 g/mol. The number of piperidine rings is 1. The number of fused-ring (bicyclic) bond motifs is 1. The van der Waals surface area contributed by atoms with E-state index in [1.807, 2.05) is 4.90 Å². The number of carboxylic acids is 1. The van der Waals surface area contributed by atoms with Crippen LogP contribution in [0.4, 0.5) is 22.0 Å². The highest BCUT2D eigenvalue weighted by molar-refractivity contribution is 5.78. The Bertz CT molecular complexity index is 1110. The number of carboxylic acid groups (broad SMARTS) is 1. The lowest BCUT2D eigenvalue weighted by Gasteiger charge is -2.37. The number of hydrogen-bond donors (Lipinski definition) is 2. The molecule has 13 heteroatoms. The predicted molar refractivity (Wildman–Crippen MR) is 151 cm³/mol. The molecular formula is C30H42F5N5O3. The summed E-state index contributed by atoms with van der Waals surface area (Å²) in [5.74, 6) is -4.82. The Kier molecular flexibility index (Phi) is 13.5. The number of hydrogen-bond acceptors (Lipinski definition) is 7. The fourth-order valence-corrected chi connectivity index (χ4v) is 5.15. The number of halogens is 5.